The molecule has 1 heterocycles. The first-order valence-corrected chi connectivity index (χ1v) is 8.30. The number of thioether (sulfide) groups is 1. The van der Waals surface area contributed by atoms with Gasteiger partial charge in [-0.25, -0.2) is 10.4 Å². The normalized spacial score (nSPS) is 10.6. The highest BCUT2D eigenvalue weighted by Crippen LogP contribution is 2.16. The molecule has 0 saturated carbocycles. The van der Waals surface area contributed by atoms with Gasteiger partial charge in [-0.15, -0.1) is 0 Å². The average Bonchev–Trinajstić information content (AvgIpc) is 2.59. The number of nitro benzene ring substituents is 1. The molecule has 0 unspecified atom stereocenters. The summed E-state index contributed by atoms with van der Waals surface area (Å²) in [4.78, 5) is 30.4. The van der Waals surface area contributed by atoms with Crippen molar-refractivity contribution in [2.45, 2.75) is 12.1 Å². The molecule has 9 nitrogen and oxygen atoms in total. The molecule has 0 aliphatic carbocycles. The highest BCUT2D eigenvalue weighted by molar-refractivity contribution is 7.98. The maximum atomic E-state index is 11.7. The summed E-state index contributed by atoms with van der Waals surface area (Å²) in [6.07, 6.45) is 3.04. The van der Waals surface area contributed by atoms with Crippen molar-refractivity contribution in [1.82, 2.24) is 15.4 Å². The second-order valence-corrected chi connectivity index (χ2v) is 5.51. The predicted molar refractivity (Wildman–Crippen MR) is 92.9 cm³/mol. The van der Waals surface area contributed by atoms with Gasteiger partial charge in [0.05, 0.1) is 16.7 Å². The van der Waals surface area contributed by atoms with Gasteiger partial charge < -0.3 is 4.74 Å². The van der Waals surface area contributed by atoms with E-state index in [0.717, 1.165) is 5.69 Å². The van der Waals surface area contributed by atoms with Crippen LogP contribution in [0.15, 0.2) is 40.6 Å². The van der Waals surface area contributed by atoms with Gasteiger partial charge in [0.2, 0.25) is 5.88 Å². The van der Waals surface area contributed by atoms with Crippen LogP contribution in [0.4, 0.5) is 5.69 Å². The van der Waals surface area contributed by atoms with Crippen LogP contribution < -0.4 is 10.2 Å². The zero-order valence-corrected chi connectivity index (χ0v) is 14.3. The molecule has 0 aliphatic rings. The Kier molecular flexibility index (Phi) is 6.40. The number of amides is 1. The van der Waals surface area contributed by atoms with Gasteiger partial charge in [-0.1, -0.05) is 23.9 Å². The average molecular weight is 361 g/mol. The molecule has 0 fully saturated rings. The Balaban J connectivity index is 1.91. The molecule has 1 N–H and O–H groups in total. The van der Waals surface area contributed by atoms with E-state index in [1.54, 1.807) is 25.1 Å². The summed E-state index contributed by atoms with van der Waals surface area (Å²) in [5.74, 6) is -0.230. The number of ether oxygens (including phenoxy) is 1. The third-order valence-corrected chi connectivity index (χ3v) is 3.42. The second-order valence-electron chi connectivity index (χ2n) is 4.73. The van der Waals surface area contributed by atoms with Crippen molar-refractivity contribution in [2.75, 3.05) is 12.9 Å². The maximum Gasteiger partial charge on any atom is 0.278 e. The van der Waals surface area contributed by atoms with Crippen molar-refractivity contribution in [1.29, 1.82) is 0 Å². The first kappa shape index (κ1) is 18.3. The molecule has 1 aromatic carbocycles. The number of hydrogen-bond donors (Lipinski definition) is 1. The highest BCUT2D eigenvalue weighted by atomic mass is 32.2. The van der Waals surface area contributed by atoms with E-state index in [2.05, 4.69) is 20.5 Å². The predicted octanol–water partition coefficient (Wildman–Crippen LogP) is 1.94. The Morgan fingerprint density at radius 2 is 2.20 bits per heavy atom. The fourth-order valence-corrected chi connectivity index (χ4v) is 2.20. The van der Waals surface area contributed by atoms with Crippen LogP contribution in [-0.4, -0.2) is 39.9 Å². The number of aromatic nitrogens is 2. The van der Waals surface area contributed by atoms with E-state index in [1.807, 2.05) is 6.26 Å². The van der Waals surface area contributed by atoms with E-state index in [0.29, 0.717) is 5.16 Å². The number of carbonyl (C=O) groups excluding carboxylic acids is 1. The Hall–Kier alpha value is -3.01. The summed E-state index contributed by atoms with van der Waals surface area (Å²) in [7, 11) is 0. The fourth-order valence-electron chi connectivity index (χ4n) is 1.79. The van der Waals surface area contributed by atoms with Crippen molar-refractivity contribution < 1.29 is 14.5 Å². The van der Waals surface area contributed by atoms with Gasteiger partial charge in [0, 0.05) is 17.8 Å². The Morgan fingerprint density at radius 1 is 1.44 bits per heavy atom. The van der Waals surface area contributed by atoms with E-state index >= 15 is 0 Å². The van der Waals surface area contributed by atoms with Crippen LogP contribution in [0.5, 0.6) is 5.88 Å². The molecule has 1 aromatic heterocycles. The molecule has 130 valence electrons. The molecule has 0 saturated heterocycles. The minimum absolute atomic E-state index is 0.0993. The van der Waals surface area contributed by atoms with E-state index in [-0.39, 0.29) is 23.7 Å². The molecule has 1 amide bonds. The van der Waals surface area contributed by atoms with Crippen molar-refractivity contribution >= 4 is 29.6 Å². The molecule has 0 bridgehead atoms. The van der Waals surface area contributed by atoms with E-state index in [4.69, 9.17) is 4.74 Å². The smallest absolute Gasteiger partial charge is 0.278 e. The Morgan fingerprint density at radius 3 is 2.92 bits per heavy atom. The van der Waals surface area contributed by atoms with E-state index in [1.165, 1.54) is 30.1 Å². The topological polar surface area (TPSA) is 120 Å². The minimum Gasteiger partial charge on any atom is -0.467 e. The fraction of sp³-hybridized carbons (Fsp3) is 0.200. The summed E-state index contributed by atoms with van der Waals surface area (Å²) < 4.78 is 5.30. The van der Waals surface area contributed by atoms with Gasteiger partial charge in [-0.3, -0.25) is 14.9 Å². The number of aryl methyl sites for hydroxylation is 1. The summed E-state index contributed by atoms with van der Waals surface area (Å²) in [5, 5.41) is 15.1. The van der Waals surface area contributed by atoms with Crippen molar-refractivity contribution in [3.8, 4) is 5.88 Å². The quantitative estimate of drug-likeness (QED) is 0.263. The lowest BCUT2D eigenvalue weighted by Crippen LogP contribution is -2.25. The largest absolute Gasteiger partial charge is 0.467 e. The van der Waals surface area contributed by atoms with Crippen LogP contribution in [-0.2, 0) is 4.79 Å². The molecule has 0 aliphatic heterocycles. The zero-order valence-electron chi connectivity index (χ0n) is 13.5. The van der Waals surface area contributed by atoms with Crippen LogP contribution in [0.25, 0.3) is 0 Å². The summed E-state index contributed by atoms with van der Waals surface area (Å²) >= 11 is 1.37. The summed E-state index contributed by atoms with van der Waals surface area (Å²) in [6, 6.07) is 7.68. The van der Waals surface area contributed by atoms with Gasteiger partial charge >= 0.3 is 0 Å². The SMILES string of the molecule is CSc1nc(C)cc(OCC(=O)N/N=C\c2ccccc2[N+](=O)[O-])n1. The first-order valence-electron chi connectivity index (χ1n) is 7.07. The second kappa shape index (κ2) is 8.73. The third kappa shape index (κ3) is 5.53. The monoisotopic (exact) mass is 361 g/mol. The number of hydrazone groups is 1. The molecular weight excluding hydrogens is 346 g/mol. The van der Waals surface area contributed by atoms with Crippen molar-refractivity contribution in [3.63, 3.8) is 0 Å². The van der Waals surface area contributed by atoms with E-state index in [9.17, 15) is 14.9 Å². The highest BCUT2D eigenvalue weighted by Gasteiger charge is 2.10. The van der Waals surface area contributed by atoms with Crippen LogP contribution in [0.1, 0.15) is 11.3 Å². The van der Waals surface area contributed by atoms with Gasteiger partial charge in [0.25, 0.3) is 11.6 Å². The van der Waals surface area contributed by atoms with Gasteiger partial charge in [-0.05, 0) is 19.2 Å². The molecule has 0 spiro atoms. The summed E-state index contributed by atoms with van der Waals surface area (Å²) in [5.41, 5.74) is 3.15. The third-order valence-electron chi connectivity index (χ3n) is 2.87. The van der Waals surface area contributed by atoms with Crippen molar-refractivity contribution in [3.05, 3.63) is 51.7 Å². The van der Waals surface area contributed by atoms with Crippen LogP contribution >= 0.6 is 11.8 Å². The lowest BCUT2D eigenvalue weighted by Gasteiger charge is -2.06. The Labute approximate surface area is 147 Å². The number of carbonyl (C=O) groups is 1. The number of nitrogens with zero attached hydrogens (tertiary/aromatic N) is 4. The van der Waals surface area contributed by atoms with Crippen LogP contribution in [0.3, 0.4) is 0 Å². The van der Waals surface area contributed by atoms with Crippen LogP contribution in [0.2, 0.25) is 0 Å². The van der Waals surface area contributed by atoms with Gasteiger partial charge in [0.1, 0.15) is 0 Å². The molecule has 0 atom stereocenters. The number of rotatable bonds is 7. The first-order chi connectivity index (χ1) is 12.0. The lowest BCUT2D eigenvalue weighted by atomic mass is 10.2. The Bertz CT molecular complexity index is 812. The van der Waals surface area contributed by atoms with Crippen molar-refractivity contribution in [2.24, 2.45) is 5.10 Å². The summed E-state index contributed by atoms with van der Waals surface area (Å²) in [6.45, 7) is 1.50. The van der Waals surface area contributed by atoms with Gasteiger partial charge in [-0.2, -0.15) is 10.1 Å². The number of para-hydroxylation sites is 1. The maximum absolute atomic E-state index is 11.7. The van der Waals surface area contributed by atoms with Crippen LogP contribution in [0, 0.1) is 17.0 Å². The van der Waals surface area contributed by atoms with Gasteiger partial charge in [0.15, 0.2) is 11.8 Å². The van der Waals surface area contributed by atoms with E-state index < -0.39 is 10.8 Å². The number of nitrogens with one attached hydrogen (secondary N) is 1. The molecule has 25 heavy (non-hydrogen) atoms. The number of hydrogen-bond acceptors (Lipinski definition) is 8. The molecular formula is C15H15N5O4S. The molecule has 2 aromatic rings. The molecule has 10 heteroatoms. The molecule has 2 rings (SSSR count). The number of nitro groups is 1. The zero-order chi connectivity index (χ0) is 18.2. The number of benzene rings is 1. The standard InChI is InChI=1S/C15H15N5O4S/c1-10-7-14(18-15(17-10)25-2)24-9-13(21)19-16-8-11-5-3-4-6-12(11)20(22)23/h3-8H,9H2,1-2H3,(H,19,21)/b16-8-. The lowest BCUT2D eigenvalue weighted by molar-refractivity contribution is -0.385. The molecule has 0 radical (unpaired) electrons. The minimum atomic E-state index is -0.521.